The molecule has 0 unspecified atom stereocenters. The lowest BCUT2D eigenvalue weighted by atomic mass is 10.1. The van der Waals surface area contributed by atoms with Gasteiger partial charge in [-0.15, -0.1) is 0 Å². The van der Waals surface area contributed by atoms with E-state index in [0.29, 0.717) is 6.42 Å². The summed E-state index contributed by atoms with van der Waals surface area (Å²) in [6.45, 7) is 4.99. The topological polar surface area (TPSA) is 17.1 Å². The summed E-state index contributed by atoms with van der Waals surface area (Å²) in [5, 5.41) is 0. The van der Waals surface area contributed by atoms with Gasteiger partial charge in [-0.1, -0.05) is 30.3 Å². The highest BCUT2D eigenvalue weighted by molar-refractivity contribution is 5.84. The Kier molecular flexibility index (Phi) is 2.21. The second-order valence-electron chi connectivity index (χ2n) is 2.13. The molecule has 1 nitrogen and oxygen atoms in total. The second kappa shape index (κ2) is 3.16. The van der Waals surface area contributed by atoms with Crippen LogP contribution in [-0.2, 0) is 11.2 Å². The van der Waals surface area contributed by atoms with E-state index in [4.69, 9.17) is 6.92 Å². The summed E-state index contributed by atoms with van der Waals surface area (Å²) in [4.78, 5) is 10.4. The van der Waals surface area contributed by atoms with Gasteiger partial charge in [0, 0.05) is 13.3 Å². The molecule has 10 heavy (non-hydrogen) atoms. The minimum absolute atomic E-state index is 0.286. The van der Waals surface area contributed by atoms with E-state index < -0.39 is 0 Å². The van der Waals surface area contributed by atoms with Crippen LogP contribution in [0.25, 0.3) is 0 Å². The van der Waals surface area contributed by atoms with Crippen molar-refractivity contribution in [2.45, 2.75) is 6.42 Å². The van der Waals surface area contributed by atoms with Crippen LogP contribution in [0.4, 0.5) is 0 Å². The SMILES string of the molecule is [CH]C(=O)Cc1ccccc1. The van der Waals surface area contributed by atoms with Gasteiger partial charge in [0.25, 0.3) is 0 Å². The molecular weight excluding hydrogens is 124 g/mol. The minimum Gasteiger partial charge on any atom is -0.299 e. The molecule has 1 aromatic carbocycles. The Morgan fingerprint density at radius 2 is 1.90 bits per heavy atom. The van der Waals surface area contributed by atoms with Crippen LogP contribution < -0.4 is 0 Å². The summed E-state index contributed by atoms with van der Waals surface area (Å²) in [5.41, 5.74) is 0.968. The molecule has 0 fully saturated rings. The highest BCUT2D eigenvalue weighted by Gasteiger charge is 1.93. The molecule has 0 saturated heterocycles. The van der Waals surface area contributed by atoms with E-state index in [1.54, 1.807) is 0 Å². The third kappa shape index (κ3) is 2.02. The van der Waals surface area contributed by atoms with E-state index in [1.165, 1.54) is 0 Å². The number of carbonyl (C=O) groups is 1. The molecule has 1 heteroatoms. The largest absolute Gasteiger partial charge is 0.299 e. The molecule has 0 spiro atoms. The highest BCUT2D eigenvalue weighted by Crippen LogP contribution is 1.98. The highest BCUT2D eigenvalue weighted by atomic mass is 16.1. The van der Waals surface area contributed by atoms with Gasteiger partial charge in [-0.3, -0.25) is 4.79 Å². The van der Waals surface area contributed by atoms with Gasteiger partial charge in [0.1, 0.15) is 5.78 Å². The number of carbonyl (C=O) groups excluding carboxylic acids is 1. The Hall–Kier alpha value is -1.11. The Morgan fingerprint density at radius 1 is 1.30 bits per heavy atom. The molecule has 0 saturated carbocycles. The van der Waals surface area contributed by atoms with Crippen LogP contribution in [0.3, 0.4) is 0 Å². The molecule has 1 aromatic rings. The lowest BCUT2D eigenvalue weighted by Gasteiger charge is -1.93. The maximum Gasteiger partial charge on any atom is 0.141 e. The van der Waals surface area contributed by atoms with Crippen molar-refractivity contribution in [2.24, 2.45) is 0 Å². The molecular formula is C9H8O. The van der Waals surface area contributed by atoms with Crippen LogP contribution in [0, 0.1) is 6.92 Å². The normalized spacial score (nSPS) is 9.30. The lowest BCUT2D eigenvalue weighted by molar-refractivity contribution is -0.114. The maximum absolute atomic E-state index is 10.4. The van der Waals surface area contributed by atoms with Gasteiger partial charge in [-0.2, -0.15) is 0 Å². The van der Waals surface area contributed by atoms with Gasteiger partial charge in [-0.05, 0) is 5.56 Å². The predicted molar refractivity (Wildman–Crippen MR) is 39.5 cm³/mol. The first kappa shape index (κ1) is 7.00. The van der Waals surface area contributed by atoms with E-state index in [9.17, 15) is 4.79 Å². The Bertz CT molecular complexity index is 213. The van der Waals surface area contributed by atoms with Gasteiger partial charge in [0.2, 0.25) is 0 Å². The van der Waals surface area contributed by atoms with E-state index in [-0.39, 0.29) is 5.78 Å². The summed E-state index contributed by atoms with van der Waals surface area (Å²) in [6.07, 6.45) is 0.334. The average molecular weight is 132 g/mol. The third-order valence-electron chi connectivity index (χ3n) is 1.22. The van der Waals surface area contributed by atoms with Crippen molar-refractivity contribution in [1.82, 2.24) is 0 Å². The fourth-order valence-corrected chi connectivity index (χ4v) is 0.797. The molecule has 0 atom stereocenters. The number of ketones is 1. The monoisotopic (exact) mass is 132 g/mol. The summed E-state index contributed by atoms with van der Waals surface area (Å²) >= 11 is 0. The molecule has 0 bridgehead atoms. The molecule has 0 amide bonds. The van der Waals surface area contributed by atoms with E-state index in [1.807, 2.05) is 30.3 Å². The van der Waals surface area contributed by atoms with Crippen LogP contribution in [0.1, 0.15) is 5.56 Å². The maximum atomic E-state index is 10.4. The number of Topliss-reactive ketones (excluding diaryl/α,β-unsaturated/α-hetero) is 1. The van der Waals surface area contributed by atoms with Crippen molar-refractivity contribution in [3.63, 3.8) is 0 Å². The number of benzene rings is 1. The zero-order valence-corrected chi connectivity index (χ0v) is 5.58. The van der Waals surface area contributed by atoms with E-state index in [2.05, 4.69) is 0 Å². The fourth-order valence-electron chi connectivity index (χ4n) is 0.797. The van der Waals surface area contributed by atoms with Crippen LogP contribution in [0.5, 0.6) is 0 Å². The van der Waals surface area contributed by atoms with Crippen molar-refractivity contribution < 1.29 is 4.79 Å². The van der Waals surface area contributed by atoms with Gasteiger partial charge in [0.05, 0.1) is 0 Å². The van der Waals surface area contributed by atoms with Crippen LogP contribution in [-0.4, -0.2) is 5.78 Å². The molecule has 0 aliphatic heterocycles. The lowest BCUT2D eigenvalue weighted by Crippen LogP contribution is -1.95. The predicted octanol–water partition coefficient (Wildman–Crippen LogP) is 1.51. The van der Waals surface area contributed by atoms with E-state index in [0.717, 1.165) is 5.56 Å². The Labute approximate surface area is 60.7 Å². The Morgan fingerprint density at radius 3 is 2.40 bits per heavy atom. The van der Waals surface area contributed by atoms with Gasteiger partial charge >= 0.3 is 0 Å². The van der Waals surface area contributed by atoms with Crippen LogP contribution in [0.2, 0.25) is 0 Å². The molecule has 0 aliphatic carbocycles. The van der Waals surface area contributed by atoms with Gasteiger partial charge in [-0.25, -0.2) is 0 Å². The van der Waals surface area contributed by atoms with Crippen LogP contribution >= 0.6 is 0 Å². The van der Waals surface area contributed by atoms with E-state index >= 15 is 0 Å². The standard InChI is InChI=1S/C9H8O/c1-8(10)7-9-5-3-2-4-6-9/h1-6H,7H2. The molecule has 1 rings (SSSR count). The first-order valence-electron chi connectivity index (χ1n) is 3.11. The molecule has 0 N–H and O–H groups in total. The molecule has 0 heterocycles. The number of rotatable bonds is 2. The number of hydrogen-bond donors (Lipinski definition) is 0. The summed E-state index contributed by atoms with van der Waals surface area (Å²) in [5.74, 6) is -0.286. The zero-order chi connectivity index (χ0) is 7.40. The van der Waals surface area contributed by atoms with Crippen LogP contribution in [0.15, 0.2) is 30.3 Å². The van der Waals surface area contributed by atoms with Crippen molar-refractivity contribution >= 4 is 5.78 Å². The smallest absolute Gasteiger partial charge is 0.141 e. The number of hydrogen-bond acceptors (Lipinski definition) is 1. The van der Waals surface area contributed by atoms with Crippen molar-refractivity contribution in [3.05, 3.63) is 42.8 Å². The molecule has 2 radical (unpaired) electrons. The van der Waals surface area contributed by atoms with Gasteiger partial charge in [0.15, 0.2) is 0 Å². The van der Waals surface area contributed by atoms with Crippen molar-refractivity contribution in [3.8, 4) is 0 Å². The fraction of sp³-hybridized carbons (Fsp3) is 0.111. The third-order valence-corrected chi connectivity index (χ3v) is 1.22. The van der Waals surface area contributed by atoms with Gasteiger partial charge < -0.3 is 0 Å². The quantitative estimate of drug-likeness (QED) is 0.596. The molecule has 50 valence electrons. The molecule has 0 aromatic heterocycles. The minimum atomic E-state index is -0.286. The summed E-state index contributed by atoms with van der Waals surface area (Å²) in [6, 6.07) is 9.44. The zero-order valence-electron chi connectivity index (χ0n) is 5.58. The molecule has 0 aliphatic rings. The second-order valence-corrected chi connectivity index (χ2v) is 2.13. The average Bonchev–Trinajstić information content (AvgIpc) is 1.88. The Balaban J connectivity index is 2.67. The first-order chi connectivity index (χ1) is 4.79. The summed E-state index contributed by atoms with van der Waals surface area (Å²) in [7, 11) is 0. The van der Waals surface area contributed by atoms with Crippen molar-refractivity contribution in [1.29, 1.82) is 0 Å². The summed E-state index contributed by atoms with van der Waals surface area (Å²) < 4.78 is 0. The van der Waals surface area contributed by atoms with Crippen molar-refractivity contribution in [2.75, 3.05) is 0 Å². The first-order valence-corrected chi connectivity index (χ1v) is 3.11.